The minimum Gasteiger partial charge on any atom is -0.493 e. The number of pyridine rings is 1. The Balaban J connectivity index is 1.71. The fourth-order valence-electron chi connectivity index (χ4n) is 3.02. The van der Waals surface area contributed by atoms with E-state index in [4.69, 9.17) is 4.74 Å². The summed E-state index contributed by atoms with van der Waals surface area (Å²) >= 11 is 0. The minimum atomic E-state index is -0.267. The van der Waals surface area contributed by atoms with Crippen LogP contribution in [-0.2, 0) is 0 Å². The molecule has 0 amide bonds. The molecular weight excluding hydrogens is 293 g/mol. The third kappa shape index (κ3) is 2.83. The smallest absolute Gasteiger partial charge is 0.151 e. The average molecular weight is 313 g/mol. The Morgan fingerprint density at radius 1 is 1.35 bits per heavy atom. The maximum atomic E-state index is 13.7. The first kappa shape index (κ1) is 14.3. The highest BCUT2D eigenvalue weighted by molar-refractivity contribution is 5.80. The summed E-state index contributed by atoms with van der Waals surface area (Å²) in [6.45, 7) is 4.33. The van der Waals surface area contributed by atoms with Crippen molar-refractivity contribution < 1.29 is 9.13 Å². The SMILES string of the molecule is CCOc1ccc(F)cc1-c1cnc2c(c1)N(CC1CC1)CN2. The topological polar surface area (TPSA) is 37.4 Å². The summed E-state index contributed by atoms with van der Waals surface area (Å²) in [5.41, 5.74) is 2.73. The zero-order valence-corrected chi connectivity index (χ0v) is 13.2. The molecule has 0 radical (unpaired) electrons. The molecule has 1 aromatic heterocycles. The number of ether oxygens (including phenoxy) is 1. The average Bonchev–Trinajstić information content (AvgIpc) is 3.29. The van der Waals surface area contributed by atoms with E-state index in [0.29, 0.717) is 12.4 Å². The summed E-state index contributed by atoms with van der Waals surface area (Å²) in [5, 5.41) is 3.32. The zero-order chi connectivity index (χ0) is 15.8. The van der Waals surface area contributed by atoms with Crippen molar-refractivity contribution >= 4 is 11.5 Å². The fourth-order valence-corrected chi connectivity index (χ4v) is 3.02. The number of nitrogens with zero attached hydrogens (tertiary/aromatic N) is 2. The Labute approximate surface area is 135 Å². The molecule has 23 heavy (non-hydrogen) atoms. The van der Waals surface area contributed by atoms with E-state index in [-0.39, 0.29) is 5.82 Å². The summed E-state index contributed by atoms with van der Waals surface area (Å²) in [6, 6.07) is 6.71. The van der Waals surface area contributed by atoms with E-state index in [1.54, 1.807) is 12.3 Å². The van der Waals surface area contributed by atoms with Crippen LogP contribution in [0, 0.1) is 11.7 Å². The molecular formula is C18H20FN3O. The lowest BCUT2D eigenvalue weighted by molar-refractivity contribution is 0.341. The molecule has 4 rings (SSSR count). The van der Waals surface area contributed by atoms with Crippen molar-refractivity contribution in [2.75, 3.05) is 30.0 Å². The fraction of sp³-hybridized carbons (Fsp3) is 0.389. The number of hydrogen-bond acceptors (Lipinski definition) is 4. The molecule has 1 aliphatic carbocycles. The highest BCUT2D eigenvalue weighted by Crippen LogP contribution is 2.39. The van der Waals surface area contributed by atoms with Crippen molar-refractivity contribution in [2.24, 2.45) is 5.92 Å². The molecule has 2 aliphatic rings. The van der Waals surface area contributed by atoms with Crippen LogP contribution < -0.4 is 15.0 Å². The first-order valence-electron chi connectivity index (χ1n) is 8.16. The van der Waals surface area contributed by atoms with Crippen molar-refractivity contribution in [1.82, 2.24) is 4.98 Å². The van der Waals surface area contributed by atoms with Gasteiger partial charge in [-0.2, -0.15) is 0 Å². The molecule has 1 fully saturated rings. The number of rotatable bonds is 5. The molecule has 2 aromatic rings. The van der Waals surface area contributed by atoms with Crippen LogP contribution in [0.15, 0.2) is 30.5 Å². The highest BCUT2D eigenvalue weighted by Gasteiger charge is 2.28. The highest BCUT2D eigenvalue weighted by atomic mass is 19.1. The van der Waals surface area contributed by atoms with Gasteiger partial charge in [-0.05, 0) is 49.9 Å². The van der Waals surface area contributed by atoms with Gasteiger partial charge in [-0.3, -0.25) is 0 Å². The Bertz CT molecular complexity index is 730. The van der Waals surface area contributed by atoms with Crippen LogP contribution >= 0.6 is 0 Å². The number of aromatic nitrogens is 1. The Hall–Kier alpha value is -2.30. The summed E-state index contributed by atoms with van der Waals surface area (Å²) in [4.78, 5) is 6.84. The number of benzene rings is 1. The molecule has 1 saturated carbocycles. The summed E-state index contributed by atoms with van der Waals surface area (Å²) < 4.78 is 19.3. The van der Waals surface area contributed by atoms with E-state index in [1.165, 1.54) is 25.0 Å². The third-order valence-corrected chi connectivity index (χ3v) is 4.37. The van der Waals surface area contributed by atoms with Gasteiger partial charge in [-0.15, -0.1) is 0 Å². The lowest BCUT2D eigenvalue weighted by Gasteiger charge is -2.18. The van der Waals surface area contributed by atoms with Gasteiger partial charge in [0.2, 0.25) is 0 Å². The monoisotopic (exact) mass is 313 g/mol. The standard InChI is InChI=1S/C18H20FN3O/c1-2-23-17-6-5-14(19)8-15(17)13-7-16-18(20-9-13)21-11-22(16)10-12-3-4-12/h5-9,12H,2-4,10-11H2,1H3,(H,20,21). The van der Waals surface area contributed by atoms with Gasteiger partial charge in [-0.25, -0.2) is 9.37 Å². The Kier molecular flexibility index (Phi) is 3.56. The second-order valence-corrected chi connectivity index (χ2v) is 6.17. The normalized spacial score (nSPS) is 16.2. The quantitative estimate of drug-likeness (QED) is 0.909. The zero-order valence-electron chi connectivity index (χ0n) is 13.2. The van der Waals surface area contributed by atoms with E-state index < -0.39 is 0 Å². The predicted molar refractivity (Wildman–Crippen MR) is 89.4 cm³/mol. The molecule has 1 N–H and O–H groups in total. The Morgan fingerprint density at radius 3 is 3.00 bits per heavy atom. The van der Waals surface area contributed by atoms with Crippen molar-refractivity contribution in [3.8, 4) is 16.9 Å². The lowest BCUT2D eigenvalue weighted by Crippen LogP contribution is -2.25. The molecule has 0 spiro atoms. The van der Waals surface area contributed by atoms with Crippen LogP contribution in [0.1, 0.15) is 19.8 Å². The maximum Gasteiger partial charge on any atom is 0.151 e. The molecule has 5 heteroatoms. The number of anilines is 2. The summed E-state index contributed by atoms with van der Waals surface area (Å²) in [7, 11) is 0. The van der Waals surface area contributed by atoms with E-state index in [1.807, 2.05) is 6.92 Å². The van der Waals surface area contributed by atoms with Crippen LogP contribution in [0.5, 0.6) is 5.75 Å². The van der Waals surface area contributed by atoms with Crippen LogP contribution in [0.25, 0.3) is 11.1 Å². The molecule has 2 heterocycles. The van der Waals surface area contributed by atoms with Crippen molar-refractivity contribution in [1.29, 1.82) is 0 Å². The van der Waals surface area contributed by atoms with Gasteiger partial charge in [0.15, 0.2) is 5.82 Å². The number of hydrogen-bond donors (Lipinski definition) is 1. The molecule has 0 atom stereocenters. The van der Waals surface area contributed by atoms with Crippen molar-refractivity contribution in [2.45, 2.75) is 19.8 Å². The van der Waals surface area contributed by atoms with Gasteiger partial charge < -0.3 is 15.0 Å². The first-order valence-corrected chi connectivity index (χ1v) is 8.16. The first-order chi connectivity index (χ1) is 11.2. The minimum absolute atomic E-state index is 0.267. The van der Waals surface area contributed by atoms with E-state index in [2.05, 4.69) is 21.3 Å². The van der Waals surface area contributed by atoms with Gasteiger partial charge >= 0.3 is 0 Å². The van der Waals surface area contributed by atoms with Crippen molar-refractivity contribution in [3.63, 3.8) is 0 Å². The number of nitrogens with one attached hydrogen (secondary N) is 1. The van der Waals surface area contributed by atoms with Crippen LogP contribution in [-0.4, -0.2) is 24.8 Å². The number of halogens is 1. The summed E-state index contributed by atoms with van der Waals surface area (Å²) in [6.07, 6.45) is 4.42. The summed E-state index contributed by atoms with van der Waals surface area (Å²) in [5.74, 6) is 2.13. The van der Waals surface area contributed by atoms with Crippen LogP contribution in [0.3, 0.4) is 0 Å². The molecule has 1 aliphatic heterocycles. The van der Waals surface area contributed by atoms with Gasteiger partial charge in [0.05, 0.1) is 19.0 Å². The molecule has 4 nitrogen and oxygen atoms in total. The van der Waals surface area contributed by atoms with E-state index in [0.717, 1.165) is 41.8 Å². The molecule has 0 unspecified atom stereocenters. The number of fused-ring (bicyclic) bond motifs is 1. The second kappa shape index (κ2) is 5.72. The Morgan fingerprint density at radius 2 is 2.22 bits per heavy atom. The van der Waals surface area contributed by atoms with Gasteiger partial charge in [0.1, 0.15) is 11.6 Å². The largest absolute Gasteiger partial charge is 0.493 e. The van der Waals surface area contributed by atoms with Crippen LogP contribution in [0.2, 0.25) is 0 Å². The maximum absolute atomic E-state index is 13.7. The second-order valence-electron chi connectivity index (χ2n) is 6.17. The predicted octanol–water partition coefficient (Wildman–Crippen LogP) is 3.89. The molecule has 1 aromatic carbocycles. The van der Waals surface area contributed by atoms with Gasteiger partial charge in [0, 0.05) is 23.9 Å². The molecule has 0 saturated heterocycles. The van der Waals surface area contributed by atoms with Gasteiger partial charge in [0.25, 0.3) is 0 Å². The van der Waals surface area contributed by atoms with Gasteiger partial charge in [-0.1, -0.05) is 0 Å². The van der Waals surface area contributed by atoms with E-state index >= 15 is 0 Å². The van der Waals surface area contributed by atoms with E-state index in [9.17, 15) is 4.39 Å². The third-order valence-electron chi connectivity index (χ3n) is 4.37. The van der Waals surface area contributed by atoms with Crippen molar-refractivity contribution in [3.05, 3.63) is 36.3 Å². The lowest BCUT2D eigenvalue weighted by atomic mass is 10.1. The van der Waals surface area contributed by atoms with Crippen LogP contribution in [0.4, 0.5) is 15.9 Å². The molecule has 0 bridgehead atoms. The molecule has 120 valence electrons.